The van der Waals surface area contributed by atoms with Crippen molar-refractivity contribution in [2.45, 2.75) is 38.8 Å². The molecule has 0 radical (unpaired) electrons. The van der Waals surface area contributed by atoms with Crippen LogP contribution in [0.4, 0.5) is 0 Å². The van der Waals surface area contributed by atoms with E-state index >= 15 is 0 Å². The van der Waals surface area contributed by atoms with Crippen molar-refractivity contribution in [1.29, 1.82) is 0 Å². The number of phenolic OH excluding ortho intramolecular Hbond substituents is 1. The average molecular weight is 303 g/mol. The number of benzene rings is 1. The number of rotatable bonds is 6. The van der Waals surface area contributed by atoms with Gasteiger partial charge in [0.15, 0.2) is 5.69 Å². The first-order chi connectivity index (χ1) is 10.5. The highest BCUT2D eigenvalue weighted by atomic mass is 16.3. The maximum Gasteiger partial charge on any atom is 0.273 e. The van der Waals surface area contributed by atoms with Crippen LogP contribution >= 0.6 is 0 Å². The molecule has 0 aliphatic heterocycles. The lowest BCUT2D eigenvalue weighted by molar-refractivity contribution is 0.0934. The Hall–Kier alpha value is -2.34. The molecule has 2 unspecified atom stereocenters. The number of carbonyl (C=O) groups excluding carboxylic acids is 1. The van der Waals surface area contributed by atoms with Gasteiger partial charge in [-0.15, -0.1) is 0 Å². The Morgan fingerprint density at radius 3 is 2.73 bits per heavy atom. The molecule has 0 aliphatic carbocycles. The van der Waals surface area contributed by atoms with Crippen LogP contribution in [0.3, 0.4) is 0 Å². The van der Waals surface area contributed by atoms with E-state index in [0.29, 0.717) is 12.3 Å². The quantitative estimate of drug-likeness (QED) is 0.759. The highest BCUT2D eigenvalue weighted by molar-refractivity contribution is 5.92. The number of aromatic nitrogens is 1. The van der Waals surface area contributed by atoms with E-state index in [2.05, 4.69) is 10.3 Å². The maximum absolute atomic E-state index is 11.9. The van der Waals surface area contributed by atoms with E-state index in [9.17, 15) is 9.90 Å². The van der Waals surface area contributed by atoms with Crippen LogP contribution in [0.1, 0.15) is 48.3 Å². The zero-order valence-corrected chi connectivity index (χ0v) is 12.7. The molecule has 0 spiro atoms. The summed E-state index contributed by atoms with van der Waals surface area (Å²) in [4.78, 5) is 16.1. The molecule has 6 nitrogen and oxygen atoms in total. The Morgan fingerprint density at radius 1 is 1.41 bits per heavy atom. The summed E-state index contributed by atoms with van der Waals surface area (Å²) in [6.45, 7) is 3.92. The Balaban J connectivity index is 2.00. The van der Waals surface area contributed by atoms with E-state index in [1.807, 2.05) is 13.8 Å². The van der Waals surface area contributed by atoms with Crippen molar-refractivity contribution in [2.24, 2.45) is 5.73 Å². The van der Waals surface area contributed by atoms with Gasteiger partial charge in [0.05, 0.1) is 6.04 Å². The molecule has 0 saturated carbocycles. The Bertz CT molecular complexity index is 622. The van der Waals surface area contributed by atoms with Gasteiger partial charge in [0.25, 0.3) is 5.91 Å². The molecule has 4 N–H and O–H groups in total. The summed E-state index contributed by atoms with van der Waals surface area (Å²) in [7, 11) is 0. The van der Waals surface area contributed by atoms with Crippen molar-refractivity contribution >= 4 is 5.91 Å². The molecule has 1 heterocycles. The van der Waals surface area contributed by atoms with Crippen LogP contribution in [-0.2, 0) is 6.42 Å². The molecular formula is C16H21N3O3. The van der Waals surface area contributed by atoms with E-state index in [1.54, 1.807) is 24.3 Å². The fourth-order valence-electron chi connectivity index (χ4n) is 1.94. The second-order valence-electron chi connectivity index (χ2n) is 5.33. The van der Waals surface area contributed by atoms with Gasteiger partial charge in [0.1, 0.15) is 12.0 Å². The number of carbonyl (C=O) groups is 1. The third-order valence-corrected chi connectivity index (χ3v) is 3.45. The lowest BCUT2D eigenvalue weighted by atomic mass is 10.1. The van der Waals surface area contributed by atoms with Gasteiger partial charge in [0.2, 0.25) is 5.89 Å². The van der Waals surface area contributed by atoms with Crippen molar-refractivity contribution < 1.29 is 14.3 Å². The first-order valence-electron chi connectivity index (χ1n) is 7.29. The van der Waals surface area contributed by atoms with Gasteiger partial charge in [0, 0.05) is 6.04 Å². The van der Waals surface area contributed by atoms with Gasteiger partial charge in [-0.25, -0.2) is 4.98 Å². The molecule has 2 rings (SSSR count). The largest absolute Gasteiger partial charge is 0.508 e. The van der Waals surface area contributed by atoms with Crippen molar-refractivity contribution in [1.82, 2.24) is 10.3 Å². The van der Waals surface area contributed by atoms with E-state index in [0.717, 1.165) is 12.0 Å². The van der Waals surface area contributed by atoms with Crippen LogP contribution < -0.4 is 11.1 Å². The van der Waals surface area contributed by atoms with E-state index in [-0.39, 0.29) is 23.4 Å². The lowest BCUT2D eigenvalue weighted by Crippen LogP contribution is -2.32. The van der Waals surface area contributed by atoms with Crippen molar-refractivity contribution in [3.63, 3.8) is 0 Å². The molecular weight excluding hydrogens is 282 g/mol. The molecule has 22 heavy (non-hydrogen) atoms. The Morgan fingerprint density at radius 2 is 2.09 bits per heavy atom. The van der Waals surface area contributed by atoms with E-state index in [1.165, 1.54) is 6.26 Å². The van der Waals surface area contributed by atoms with E-state index in [4.69, 9.17) is 10.2 Å². The topological polar surface area (TPSA) is 101 Å². The third kappa shape index (κ3) is 4.08. The summed E-state index contributed by atoms with van der Waals surface area (Å²) in [5, 5.41) is 12.1. The number of nitrogens with two attached hydrogens (primary N) is 1. The number of phenols is 1. The number of nitrogens with one attached hydrogen (secondary N) is 1. The third-order valence-electron chi connectivity index (χ3n) is 3.45. The molecule has 1 amide bonds. The minimum absolute atomic E-state index is 0.0818. The molecule has 6 heteroatoms. The minimum atomic E-state index is -0.449. The van der Waals surface area contributed by atoms with Crippen molar-refractivity contribution in [2.75, 3.05) is 0 Å². The van der Waals surface area contributed by atoms with Crippen LogP contribution in [-0.4, -0.2) is 22.0 Å². The SMILES string of the molecule is CCC(C)NC(=O)c1coc(C(N)Cc2ccc(O)cc2)n1. The maximum atomic E-state index is 11.9. The van der Waals surface area contributed by atoms with Crippen LogP contribution in [0.25, 0.3) is 0 Å². The highest BCUT2D eigenvalue weighted by Crippen LogP contribution is 2.18. The zero-order valence-electron chi connectivity index (χ0n) is 12.7. The number of aromatic hydroxyl groups is 1. The van der Waals surface area contributed by atoms with Gasteiger partial charge in [-0.05, 0) is 37.5 Å². The molecule has 118 valence electrons. The molecule has 0 fully saturated rings. The van der Waals surface area contributed by atoms with Crippen LogP contribution in [0.15, 0.2) is 34.9 Å². The minimum Gasteiger partial charge on any atom is -0.508 e. The molecule has 1 aromatic heterocycles. The normalized spacial score (nSPS) is 13.6. The highest BCUT2D eigenvalue weighted by Gasteiger charge is 2.18. The Labute approximate surface area is 129 Å². The summed E-state index contributed by atoms with van der Waals surface area (Å²) in [5.74, 6) is 0.265. The summed E-state index contributed by atoms with van der Waals surface area (Å²) in [5.41, 5.74) is 7.24. The summed E-state index contributed by atoms with van der Waals surface area (Å²) >= 11 is 0. The van der Waals surface area contributed by atoms with Gasteiger partial charge >= 0.3 is 0 Å². The standard InChI is InChI=1S/C16H21N3O3/c1-3-10(2)18-15(21)14-9-22-16(19-14)13(17)8-11-4-6-12(20)7-5-11/h4-7,9-10,13,20H,3,8,17H2,1-2H3,(H,18,21). The zero-order chi connectivity index (χ0) is 16.1. The predicted octanol–water partition coefficient (Wildman–Crippen LogP) is 2.15. The number of amides is 1. The predicted molar refractivity (Wildman–Crippen MR) is 82.5 cm³/mol. The van der Waals surface area contributed by atoms with Crippen LogP contribution in [0.5, 0.6) is 5.75 Å². The fraction of sp³-hybridized carbons (Fsp3) is 0.375. The number of hydrogen-bond acceptors (Lipinski definition) is 5. The Kier molecular flexibility index (Phi) is 5.16. The number of oxazole rings is 1. The second kappa shape index (κ2) is 7.09. The van der Waals surface area contributed by atoms with Crippen molar-refractivity contribution in [3.8, 4) is 5.75 Å². The molecule has 0 saturated heterocycles. The summed E-state index contributed by atoms with van der Waals surface area (Å²) < 4.78 is 5.31. The van der Waals surface area contributed by atoms with Gasteiger partial charge < -0.3 is 20.6 Å². The number of hydrogen-bond donors (Lipinski definition) is 3. The molecule has 1 aromatic carbocycles. The fourth-order valence-corrected chi connectivity index (χ4v) is 1.94. The lowest BCUT2D eigenvalue weighted by Gasteiger charge is -2.09. The first kappa shape index (κ1) is 16.0. The summed E-state index contributed by atoms with van der Waals surface area (Å²) in [6, 6.07) is 6.40. The van der Waals surface area contributed by atoms with Crippen LogP contribution in [0.2, 0.25) is 0 Å². The second-order valence-corrected chi connectivity index (χ2v) is 5.33. The molecule has 2 aromatic rings. The molecule has 0 bridgehead atoms. The summed E-state index contributed by atoms with van der Waals surface area (Å²) in [6.07, 6.45) is 2.67. The average Bonchev–Trinajstić information content (AvgIpc) is 2.99. The first-order valence-corrected chi connectivity index (χ1v) is 7.29. The molecule has 2 atom stereocenters. The van der Waals surface area contributed by atoms with Crippen molar-refractivity contribution in [3.05, 3.63) is 47.7 Å². The van der Waals surface area contributed by atoms with Gasteiger partial charge in [-0.3, -0.25) is 4.79 Å². The van der Waals surface area contributed by atoms with Crippen LogP contribution in [0, 0.1) is 0 Å². The molecule has 0 aliphatic rings. The van der Waals surface area contributed by atoms with E-state index < -0.39 is 6.04 Å². The van der Waals surface area contributed by atoms with Gasteiger partial charge in [-0.2, -0.15) is 0 Å². The van der Waals surface area contributed by atoms with Gasteiger partial charge in [-0.1, -0.05) is 19.1 Å². The smallest absolute Gasteiger partial charge is 0.273 e. The monoisotopic (exact) mass is 303 g/mol. The number of nitrogens with zero attached hydrogens (tertiary/aromatic N) is 1.